The summed E-state index contributed by atoms with van der Waals surface area (Å²) in [5, 5.41) is 0.631. The lowest BCUT2D eigenvalue weighted by molar-refractivity contribution is -0.131. The lowest BCUT2D eigenvalue weighted by Crippen LogP contribution is -2.41. The van der Waals surface area contributed by atoms with Gasteiger partial charge in [0.15, 0.2) is 0 Å². The molecule has 5 nitrogen and oxygen atoms in total. The summed E-state index contributed by atoms with van der Waals surface area (Å²) in [6.07, 6.45) is 0. The number of likely N-dealkylation sites (N-methyl/N-ethyl adjacent to an activating group) is 2. The number of amides is 2. The van der Waals surface area contributed by atoms with Crippen LogP contribution < -0.4 is 0 Å². The number of carbonyl (C=O) groups excluding carboxylic acids is 2. The van der Waals surface area contributed by atoms with Gasteiger partial charge in [0.1, 0.15) is 11.5 Å². The number of aromatic amines is 1. The number of aromatic nitrogens is 1. The van der Waals surface area contributed by atoms with E-state index in [0.717, 1.165) is 0 Å². The molecular weight excluding hydrogens is 285 g/mol. The second kappa shape index (κ2) is 6.60. The molecule has 1 aromatic carbocycles. The zero-order chi connectivity index (χ0) is 16.3. The molecular formula is C16H20FN3O2. The van der Waals surface area contributed by atoms with Crippen LogP contribution in [0, 0.1) is 5.82 Å². The van der Waals surface area contributed by atoms with Gasteiger partial charge >= 0.3 is 0 Å². The van der Waals surface area contributed by atoms with Crippen molar-refractivity contribution in [3.63, 3.8) is 0 Å². The fraction of sp³-hybridized carbons (Fsp3) is 0.375. The molecule has 22 heavy (non-hydrogen) atoms. The van der Waals surface area contributed by atoms with Gasteiger partial charge in [-0.2, -0.15) is 0 Å². The quantitative estimate of drug-likeness (QED) is 0.921. The van der Waals surface area contributed by atoms with Crippen molar-refractivity contribution >= 4 is 22.7 Å². The molecule has 118 valence electrons. The van der Waals surface area contributed by atoms with E-state index in [4.69, 9.17) is 0 Å². The minimum atomic E-state index is -0.351. The molecule has 1 N–H and O–H groups in total. The van der Waals surface area contributed by atoms with Gasteiger partial charge in [0.05, 0.1) is 6.54 Å². The first-order chi connectivity index (χ1) is 10.5. The number of halogens is 1. The van der Waals surface area contributed by atoms with E-state index in [1.165, 1.54) is 17.0 Å². The first-order valence-electron chi connectivity index (χ1n) is 7.27. The third-order valence-corrected chi connectivity index (χ3v) is 3.65. The molecule has 0 fully saturated rings. The standard InChI is InChI=1S/C16H20FN3O2/c1-4-20(5-2)15(21)10-19(3)16(22)14-9-11-8-12(17)6-7-13(11)18-14/h6-9,18H,4-5,10H2,1-3H3. The van der Waals surface area contributed by atoms with Gasteiger partial charge in [-0.3, -0.25) is 9.59 Å². The van der Waals surface area contributed by atoms with Crippen LogP contribution in [0.2, 0.25) is 0 Å². The number of fused-ring (bicyclic) bond motifs is 1. The summed E-state index contributed by atoms with van der Waals surface area (Å²) < 4.78 is 13.2. The van der Waals surface area contributed by atoms with Crippen LogP contribution in [0.5, 0.6) is 0 Å². The van der Waals surface area contributed by atoms with Crippen molar-refractivity contribution in [2.24, 2.45) is 0 Å². The van der Waals surface area contributed by atoms with Crippen molar-refractivity contribution in [1.29, 1.82) is 0 Å². The predicted molar refractivity (Wildman–Crippen MR) is 83.1 cm³/mol. The average Bonchev–Trinajstić information content (AvgIpc) is 2.90. The summed E-state index contributed by atoms with van der Waals surface area (Å²) in [5.74, 6) is -0.740. The number of carbonyl (C=O) groups is 2. The largest absolute Gasteiger partial charge is 0.351 e. The monoisotopic (exact) mass is 305 g/mol. The zero-order valence-corrected chi connectivity index (χ0v) is 13.0. The Morgan fingerprint density at radius 3 is 2.50 bits per heavy atom. The SMILES string of the molecule is CCN(CC)C(=O)CN(C)C(=O)c1cc2cc(F)ccc2[nH]1. The molecule has 2 amide bonds. The van der Waals surface area contributed by atoms with Crippen LogP contribution in [0.15, 0.2) is 24.3 Å². The Kier molecular flexibility index (Phi) is 4.80. The van der Waals surface area contributed by atoms with Crippen LogP contribution in [0.3, 0.4) is 0 Å². The molecule has 1 aromatic heterocycles. The fourth-order valence-electron chi connectivity index (χ4n) is 2.38. The molecule has 0 unspecified atom stereocenters. The summed E-state index contributed by atoms with van der Waals surface area (Å²) in [6, 6.07) is 5.88. The summed E-state index contributed by atoms with van der Waals surface area (Å²) in [5.41, 5.74) is 1.03. The van der Waals surface area contributed by atoms with Gasteiger partial charge in [0.2, 0.25) is 5.91 Å². The topological polar surface area (TPSA) is 56.4 Å². The van der Waals surface area contributed by atoms with E-state index in [0.29, 0.717) is 29.7 Å². The lowest BCUT2D eigenvalue weighted by Gasteiger charge is -2.22. The van der Waals surface area contributed by atoms with E-state index in [2.05, 4.69) is 4.98 Å². The minimum absolute atomic E-state index is 0.0181. The van der Waals surface area contributed by atoms with E-state index in [9.17, 15) is 14.0 Å². The van der Waals surface area contributed by atoms with Crippen LogP contribution in [-0.2, 0) is 4.79 Å². The van der Waals surface area contributed by atoms with Gasteiger partial charge < -0.3 is 14.8 Å². The molecule has 0 spiro atoms. The van der Waals surface area contributed by atoms with E-state index >= 15 is 0 Å². The summed E-state index contributed by atoms with van der Waals surface area (Å²) in [6.45, 7) is 5.04. The van der Waals surface area contributed by atoms with E-state index in [1.807, 2.05) is 13.8 Å². The molecule has 2 rings (SSSR count). The van der Waals surface area contributed by atoms with E-state index in [-0.39, 0.29) is 24.2 Å². The van der Waals surface area contributed by atoms with Crippen LogP contribution >= 0.6 is 0 Å². The summed E-state index contributed by atoms with van der Waals surface area (Å²) in [7, 11) is 1.58. The maximum atomic E-state index is 13.2. The van der Waals surface area contributed by atoms with Crippen molar-refractivity contribution in [2.45, 2.75) is 13.8 Å². The lowest BCUT2D eigenvalue weighted by atomic mass is 10.2. The van der Waals surface area contributed by atoms with Gasteiger partial charge in [0.25, 0.3) is 5.91 Å². The van der Waals surface area contributed by atoms with E-state index in [1.54, 1.807) is 24.1 Å². The molecule has 0 saturated heterocycles. The highest BCUT2D eigenvalue weighted by atomic mass is 19.1. The van der Waals surface area contributed by atoms with Gasteiger partial charge in [-0.15, -0.1) is 0 Å². The number of nitrogens with one attached hydrogen (secondary N) is 1. The number of nitrogens with zero attached hydrogens (tertiary/aromatic N) is 2. The van der Waals surface area contributed by atoms with Crippen LogP contribution in [0.1, 0.15) is 24.3 Å². The van der Waals surface area contributed by atoms with E-state index < -0.39 is 0 Å². The Morgan fingerprint density at radius 1 is 1.18 bits per heavy atom. The molecule has 0 aliphatic carbocycles. The van der Waals surface area contributed by atoms with Crippen molar-refractivity contribution in [3.05, 3.63) is 35.8 Å². The first kappa shape index (κ1) is 16.0. The summed E-state index contributed by atoms with van der Waals surface area (Å²) in [4.78, 5) is 30.4. The maximum absolute atomic E-state index is 13.2. The number of rotatable bonds is 5. The third-order valence-electron chi connectivity index (χ3n) is 3.65. The molecule has 0 aliphatic rings. The molecule has 2 aromatic rings. The van der Waals surface area contributed by atoms with Crippen LogP contribution in [0.25, 0.3) is 10.9 Å². The Morgan fingerprint density at radius 2 is 1.86 bits per heavy atom. The fourth-order valence-corrected chi connectivity index (χ4v) is 2.38. The Balaban J connectivity index is 2.13. The highest BCUT2D eigenvalue weighted by Gasteiger charge is 2.19. The van der Waals surface area contributed by atoms with Gasteiger partial charge in [0, 0.05) is 31.0 Å². The minimum Gasteiger partial charge on any atom is -0.351 e. The second-order valence-electron chi connectivity index (χ2n) is 5.14. The highest BCUT2D eigenvalue weighted by Crippen LogP contribution is 2.17. The molecule has 1 heterocycles. The third kappa shape index (κ3) is 3.27. The number of H-pyrrole nitrogens is 1. The number of hydrogen-bond donors (Lipinski definition) is 1. The Hall–Kier alpha value is -2.37. The average molecular weight is 305 g/mol. The molecule has 0 aliphatic heterocycles. The first-order valence-corrected chi connectivity index (χ1v) is 7.27. The molecule has 6 heteroatoms. The van der Waals surface area contributed by atoms with Crippen molar-refractivity contribution in [1.82, 2.24) is 14.8 Å². The molecule has 0 radical (unpaired) electrons. The smallest absolute Gasteiger partial charge is 0.270 e. The molecule has 0 atom stereocenters. The van der Waals surface area contributed by atoms with Gasteiger partial charge in [-0.25, -0.2) is 4.39 Å². The zero-order valence-electron chi connectivity index (χ0n) is 13.0. The number of benzene rings is 1. The van der Waals surface area contributed by atoms with Crippen molar-refractivity contribution < 1.29 is 14.0 Å². The van der Waals surface area contributed by atoms with Crippen LogP contribution in [0.4, 0.5) is 4.39 Å². The van der Waals surface area contributed by atoms with Gasteiger partial charge in [-0.05, 0) is 38.1 Å². The maximum Gasteiger partial charge on any atom is 0.270 e. The van der Waals surface area contributed by atoms with Gasteiger partial charge in [-0.1, -0.05) is 0 Å². The predicted octanol–water partition coefficient (Wildman–Crippen LogP) is 2.25. The normalized spacial score (nSPS) is 10.7. The second-order valence-corrected chi connectivity index (χ2v) is 5.14. The molecule has 0 saturated carbocycles. The highest BCUT2D eigenvalue weighted by molar-refractivity contribution is 5.99. The Labute approximate surface area is 128 Å². The number of hydrogen-bond acceptors (Lipinski definition) is 2. The van der Waals surface area contributed by atoms with Crippen molar-refractivity contribution in [2.75, 3.05) is 26.7 Å². The molecule has 0 bridgehead atoms. The van der Waals surface area contributed by atoms with Crippen molar-refractivity contribution in [3.8, 4) is 0 Å². The summed E-state index contributed by atoms with van der Waals surface area (Å²) >= 11 is 0. The Bertz CT molecular complexity index is 692. The van der Waals surface area contributed by atoms with Crippen LogP contribution in [-0.4, -0.2) is 53.3 Å².